The first-order chi connectivity index (χ1) is 15.9. The number of nitrogens with zero attached hydrogens (tertiary/aromatic N) is 2. The van der Waals surface area contributed by atoms with Crippen molar-refractivity contribution in [1.29, 1.82) is 0 Å². The molecule has 33 heavy (non-hydrogen) atoms. The Morgan fingerprint density at radius 3 is 2.36 bits per heavy atom. The molecule has 9 heteroatoms. The van der Waals surface area contributed by atoms with Crippen LogP contribution in [0.5, 0.6) is 0 Å². The molecule has 2 aromatic carbocycles. The number of amides is 1. The summed E-state index contributed by atoms with van der Waals surface area (Å²) in [7, 11) is -3.38. The molecule has 7 nitrogen and oxygen atoms in total. The third kappa shape index (κ3) is 5.68. The molecule has 1 aliphatic rings. The fourth-order valence-electron chi connectivity index (χ4n) is 3.33. The van der Waals surface area contributed by atoms with E-state index >= 15 is 0 Å². The topological polar surface area (TPSA) is 93.6 Å². The van der Waals surface area contributed by atoms with Crippen molar-refractivity contribution in [1.82, 2.24) is 4.98 Å². The van der Waals surface area contributed by atoms with Crippen LogP contribution >= 0.6 is 11.8 Å². The highest BCUT2D eigenvalue weighted by Crippen LogP contribution is 2.29. The number of rotatable bonds is 7. The molecule has 1 amide bonds. The van der Waals surface area contributed by atoms with Crippen LogP contribution in [0.4, 0.5) is 5.69 Å². The smallest absolute Gasteiger partial charge is 0.341 e. The summed E-state index contributed by atoms with van der Waals surface area (Å²) in [5.41, 5.74) is 0.765. The molecule has 0 fully saturated rings. The highest BCUT2D eigenvalue weighted by atomic mass is 32.2. The second kappa shape index (κ2) is 10.0. The van der Waals surface area contributed by atoms with Crippen molar-refractivity contribution in [2.45, 2.75) is 16.0 Å². The Hall–Kier alpha value is -3.43. The van der Waals surface area contributed by atoms with E-state index in [1.807, 2.05) is 30.3 Å². The van der Waals surface area contributed by atoms with Gasteiger partial charge in [-0.15, -0.1) is 0 Å². The molecule has 0 aliphatic carbocycles. The van der Waals surface area contributed by atoms with Crippen molar-refractivity contribution in [3.05, 3.63) is 96.0 Å². The Morgan fingerprint density at radius 2 is 1.70 bits per heavy atom. The third-order valence-corrected chi connectivity index (χ3v) is 7.23. The average Bonchev–Trinajstić information content (AvgIpc) is 3.18. The van der Waals surface area contributed by atoms with E-state index in [1.54, 1.807) is 48.7 Å². The van der Waals surface area contributed by atoms with Crippen molar-refractivity contribution in [3.8, 4) is 0 Å². The number of hydrogen-bond acceptors (Lipinski definition) is 7. The van der Waals surface area contributed by atoms with Gasteiger partial charge < -0.3 is 9.64 Å². The maximum absolute atomic E-state index is 13.1. The van der Waals surface area contributed by atoms with E-state index in [1.165, 1.54) is 22.7 Å². The molecule has 1 atom stereocenters. The van der Waals surface area contributed by atoms with Crippen LogP contribution in [-0.2, 0) is 19.4 Å². The zero-order chi connectivity index (χ0) is 23.3. The molecule has 0 saturated carbocycles. The van der Waals surface area contributed by atoms with Gasteiger partial charge in [0.25, 0.3) is 5.91 Å². The number of hydrogen-bond donors (Lipinski definition) is 0. The van der Waals surface area contributed by atoms with Gasteiger partial charge in [-0.25, -0.2) is 18.2 Å². The SMILES string of the molecule is O=C(OCC(=O)N(c1ccccc1)C1C=CS(=O)(=O)C1)c1cccnc1Sc1ccccc1. The predicted molar refractivity (Wildman–Crippen MR) is 126 cm³/mol. The highest BCUT2D eigenvalue weighted by molar-refractivity contribution is 7.99. The maximum Gasteiger partial charge on any atom is 0.341 e. The summed E-state index contributed by atoms with van der Waals surface area (Å²) in [6.45, 7) is -0.539. The number of carbonyl (C=O) groups is 2. The largest absolute Gasteiger partial charge is 0.452 e. The van der Waals surface area contributed by atoms with Gasteiger partial charge in [-0.3, -0.25) is 4.79 Å². The molecule has 0 bridgehead atoms. The maximum atomic E-state index is 13.1. The molecule has 0 spiro atoms. The zero-order valence-electron chi connectivity index (χ0n) is 17.4. The third-order valence-electron chi connectivity index (χ3n) is 4.82. The summed E-state index contributed by atoms with van der Waals surface area (Å²) in [6.07, 6.45) is 3.05. The van der Waals surface area contributed by atoms with E-state index < -0.39 is 34.4 Å². The van der Waals surface area contributed by atoms with Crippen molar-refractivity contribution in [2.24, 2.45) is 0 Å². The number of pyridine rings is 1. The molecule has 1 unspecified atom stereocenters. The van der Waals surface area contributed by atoms with E-state index in [0.717, 1.165) is 10.3 Å². The van der Waals surface area contributed by atoms with Gasteiger partial charge in [0.2, 0.25) is 0 Å². The zero-order valence-corrected chi connectivity index (χ0v) is 19.0. The van der Waals surface area contributed by atoms with Gasteiger partial charge in [-0.1, -0.05) is 48.2 Å². The van der Waals surface area contributed by atoms with E-state index in [9.17, 15) is 18.0 Å². The number of sulfone groups is 1. The van der Waals surface area contributed by atoms with Gasteiger partial charge in [-0.05, 0) is 42.5 Å². The Morgan fingerprint density at radius 1 is 1.00 bits per heavy atom. The standard InChI is InChI=1S/C24H20N2O5S2/c27-22(26(18-8-3-1-4-9-18)19-13-15-33(29,30)17-19)16-31-24(28)21-12-7-14-25-23(21)32-20-10-5-2-6-11-20/h1-15,19H,16-17H2. The quantitative estimate of drug-likeness (QED) is 0.476. The number of benzene rings is 2. The lowest BCUT2D eigenvalue weighted by atomic mass is 10.2. The molecular weight excluding hydrogens is 460 g/mol. The van der Waals surface area contributed by atoms with Gasteiger partial charge in [0.1, 0.15) is 5.03 Å². The van der Waals surface area contributed by atoms with E-state index in [4.69, 9.17) is 4.74 Å². The highest BCUT2D eigenvalue weighted by Gasteiger charge is 2.32. The summed E-state index contributed by atoms with van der Waals surface area (Å²) < 4.78 is 29.2. The van der Waals surface area contributed by atoms with Crippen molar-refractivity contribution in [2.75, 3.05) is 17.3 Å². The van der Waals surface area contributed by atoms with Crippen LogP contribution in [0.2, 0.25) is 0 Å². The van der Waals surface area contributed by atoms with Crippen molar-refractivity contribution in [3.63, 3.8) is 0 Å². The summed E-state index contributed by atoms with van der Waals surface area (Å²) in [5, 5.41) is 1.57. The molecule has 3 aromatic rings. The predicted octanol–water partition coefficient (Wildman–Crippen LogP) is 3.73. The molecule has 1 aromatic heterocycles. The first kappa shape index (κ1) is 22.8. The Kier molecular flexibility index (Phi) is 6.90. The van der Waals surface area contributed by atoms with E-state index in [-0.39, 0.29) is 11.3 Å². The Labute approximate surface area is 196 Å². The van der Waals surface area contributed by atoms with Gasteiger partial charge in [0, 0.05) is 22.2 Å². The Bertz CT molecular complexity index is 1280. The van der Waals surface area contributed by atoms with Crippen LogP contribution in [0.3, 0.4) is 0 Å². The second-order valence-electron chi connectivity index (χ2n) is 7.17. The van der Waals surface area contributed by atoms with Crippen molar-refractivity contribution >= 4 is 39.2 Å². The van der Waals surface area contributed by atoms with Gasteiger partial charge >= 0.3 is 5.97 Å². The second-order valence-corrected chi connectivity index (χ2v) is 10.2. The van der Waals surface area contributed by atoms with Crippen LogP contribution in [0.25, 0.3) is 0 Å². The average molecular weight is 481 g/mol. The normalized spacial score (nSPS) is 16.3. The summed E-state index contributed by atoms with van der Waals surface area (Å²) in [6, 6.07) is 20.7. The molecular formula is C24H20N2O5S2. The Balaban J connectivity index is 1.49. The van der Waals surface area contributed by atoms with E-state index in [0.29, 0.717) is 10.7 Å². The number of para-hydroxylation sites is 1. The van der Waals surface area contributed by atoms with Crippen molar-refractivity contribution < 1.29 is 22.7 Å². The summed E-state index contributed by atoms with van der Waals surface area (Å²) in [4.78, 5) is 32.4. The number of anilines is 1. The molecule has 4 rings (SSSR count). The first-order valence-corrected chi connectivity index (χ1v) is 12.6. The van der Waals surface area contributed by atoms with Crippen LogP contribution < -0.4 is 4.90 Å². The molecule has 0 N–H and O–H groups in total. The summed E-state index contributed by atoms with van der Waals surface area (Å²) in [5.74, 6) is -1.43. The minimum Gasteiger partial charge on any atom is -0.452 e. The fourth-order valence-corrected chi connectivity index (χ4v) is 5.49. The number of aromatic nitrogens is 1. The molecule has 0 radical (unpaired) electrons. The monoisotopic (exact) mass is 480 g/mol. The number of ether oxygens (including phenoxy) is 1. The van der Waals surface area contributed by atoms with Crippen LogP contribution in [0.15, 0.2) is 100 Å². The lowest BCUT2D eigenvalue weighted by Gasteiger charge is -2.27. The minimum absolute atomic E-state index is 0.220. The minimum atomic E-state index is -3.38. The molecule has 2 heterocycles. The molecule has 0 saturated heterocycles. The van der Waals surface area contributed by atoms with Crippen LogP contribution in [0.1, 0.15) is 10.4 Å². The summed E-state index contributed by atoms with van der Waals surface area (Å²) >= 11 is 1.32. The number of carbonyl (C=O) groups excluding carboxylic acids is 2. The first-order valence-electron chi connectivity index (χ1n) is 10.1. The van der Waals surface area contributed by atoms with Crippen LogP contribution in [-0.4, -0.2) is 43.7 Å². The lowest BCUT2D eigenvalue weighted by molar-refractivity contribution is -0.121. The van der Waals surface area contributed by atoms with Gasteiger partial charge in [0.05, 0.1) is 17.4 Å². The molecule has 1 aliphatic heterocycles. The fraction of sp³-hybridized carbons (Fsp3) is 0.125. The van der Waals surface area contributed by atoms with Gasteiger partial charge in [0.15, 0.2) is 16.4 Å². The van der Waals surface area contributed by atoms with Gasteiger partial charge in [-0.2, -0.15) is 0 Å². The molecule has 168 valence electrons. The van der Waals surface area contributed by atoms with E-state index in [2.05, 4.69) is 4.98 Å². The lowest BCUT2D eigenvalue weighted by Crippen LogP contribution is -2.43. The van der Waals surface area contributed by atoms with Crippen LogP contribution in [0, 0.1) is 0 Å². The number of esters is 1.